The van der Waals surface area contributed by atoms with Crippen molar-refractivity contribution in [2.45, 2.75) is 71.8 Å². The van der Waals surface area contributed by atoms with Crippen molar-refractivity contribution in [3.63, 3.8) is 0 Å². The molecule has 1 amide bonds. The van der Waals surface area contributed by atoms with E-state index < -0.39 is 0 Å². The third kappa shape index (κ3) is 9.56. The van der Waals surface area contributed by atoms with Gasteiger partial charge in [0, 0.05) is 12.0 Å². The average molecular weight is 199 g/mol. The van der Waals surface area contributed by atoms with Crippen LogP contribution in [0.15, 0.2) is 0 Å². The fourth-order valence-corrected chi connectivity index (χ4v) is 1.37. The molecule has 0 saturated heterocycles. The first-order chi connectivity index (χ1) is 6.45. The Bertz CT molecular complexity index is 158. The van der Waals surface area contributed by atoms with Crippen LogP contribution < -0.4 is 5.32 Å². The lowest BCUT2D eigenvalue weighted by Gasteiger charge is -2.20. The zero-order valence-electron chi connectivity index (χ0n) is 10.2. The minimum Gasteiger partial charge on any atom is -0.352 e. The highest BCUT2D eigenvalue weighted by Gasteiger charge is 2.12. The summed E-state index contributed by atoms with van der Waals surface area (Å²) in [5.41, 5.74) is -0.0828. The average Bonchev–Trinajstić information content (AvgIpc) is 2.00. The van der Waals surface area contributed by atoms with Gasteiger partial charge in [-0.05, 0) is 27.2 Å². The molecule has 2 nitrogen and oxygen atoms in total. The van der Waals surface area contributed by atoms with Crippen LogP contribution in [0, 0.1) is 0 Å². The molecule has 1 N–H and O–H groups in total. The Hall–Kier alpha value is -0.530. The number of amides is 1. The normalized spacial score (nSPS) is 11.4. The van der Waals surface area contributed by atoms with Gasteiger partial charge in [0.05, 0.1) is 0 Å². The predicted molar refractivity (Wildman–Crippen MR) is 61.3 cm³/mol. The molecule has 0 aliphatic heterocycles. The third-order valence-corrected chi connectivity index (χ3v) is 2.02. The van der Waals surface area contributed by atoms with Crippen LogP contribution >= 0.6 is 0 Å². The predicted octanol–water partition coefficient (Wildman–Crippen LogP) is 3.26. The van der Waals surface area contributed by atoms with Gasteiger partial charge in [-0.25, -0.2) is 0 Å². The van der Waals surface area contributed by atoms with E-state index in [0.29, 0.717) is 6.42 Å². The van der Waals surface area contributed by atoms with Crippen molar-refractivity contribution in [1.29, 1.82) is 0 Å². The van der Waals surface area contributed by atoms with Gasteiger partial charge in [-0.15, -0.1) is 0 Å². The number of hydrogen-bond donors (Lipinski definition) is 1. The number of hydrogen-bond acceptors (Lipinski definition) is 1. The summed E-state index contributed by atoms with van der Waals surface area (Å²) in [5, 5.41) is 2.97. The van der Waals surface area contributed by atoms with Crippen molar-refractivity contribution in [1.82, 2.24) is 5.32 Å². The molecule has 0 aromatic carbocycles. The van der Waals surface area contributed by atoms with Gasteiger partial charge >= 0.3 is 0 Å². The van der Waals surface area contributed by atoms with E-state index in [1.807, 2.05) is 20.8 Å². The van der Waals surface area contributed by atoms with Crippen LogP contribution in [0.4, 0.5) is 0 Å². The van der Waals surface area contributed by atoms with E-state index in [1.165, 1.54) is 25.7 Å². The van der Waals surface area contributed by atoms with Crippen LogP contribution in [-0.4, -0.2) is 11.4 Å². The molecular weight excluding hydrogens is 174 g/mol. The molecule has 0 spiro atoms. The number of rotatable bonds is 6. The summed E-state index contributed by atoms with van der Waals surface area (Å²) in [4.78, 5) is 11.4. The summed E-state index contributed by atoms with van der Waals surface area (Å²) in [7, 11) is 0. The van der Waals surface area contributed by atoms with Gasteiger partial charge in [-0.3, -0.25) is 4.79 Å². The molecule has 0 aliphatic carbocycles. The highest BCUT2D eigenvalue weighted by atomic mass is 16.1. The van der Waals surface area contributed by atoms with E-state index >= 15 is 0 Å². The number of carbonyl (C=O) groups is 1. The van der Waals surface area contributed by atoms with Crippen molar-refractivity contribution in [3.05, 3.63) is 0 Å². The molecule has 2 heteroatoms. The van der Waals surface area contributed by atoms with E-state index in [2.05, 4.69) is 12.2 Å². The largest absolute Gasteiger partial charge is 0.352 e. The molecule has 14 heavy (non-hydrogen) atoms. The molecule has 0 aromatic heterocycles. The molecule has 0 aromatic rings. The highest BCUT2D eigenvalue weighted by Crippen LogP contribution is 2.06. The topological polar surface area (TPSA) is 29.1 Å². The maximum absolute atomic E-state index is 11.4. The SMILES string of the molecule is CCCCCCCC(=O)NC(C)(C)C. The lowest BCUT2D eigenvalue weighted by molar-refractivity contribution is -0.122. The second kappa shape index (κ2) is 6.86. The van der Waals surface area contributed by atoms with Gasteiger partial charge < -0.3 is 5.32 Å². The Morgan fingerprint density at radius 1 is 1.07 bits per heavy atom. The standard InChI is InChI=1S/C12H25NO/c1-5-6-7-8-9-10-11(14)13-12(2,3)4/h5-10H2,1-4H3,(H,13,14). The van der Waals surface area contributed by atoms with Crippen molar-refractivity contribution >= 4 is 5.91 Å². The van der Waals surface area contributed by atoms with E-state index in [9.17, 15) is 4.79 Å². The first-order valence-electron chi connectivity index (χ1n) is 5.76. The summed E-state index contributed by atoms with van der Waals surface area (Å²) in [6, 6.07) is 0. The molecule has 0 aliphatic rings. The number of unbranched alkanes of at least 4 members (excludes halogenated alkanes) is 4. The minimum absolute atomic E-state index is 0.0828. The minimum atomic E-state index is -0.0828. The Morgan fingerprint density at radius 2 is 1.64 bits per heavy atom. The highest BCUT2D eigenvalue weighted by molar-refractivity contribution is 5.76. The molecular formula is C12H25NO. The maximum Gasteiger partial charge on any atom is 0.220 e. The fraction of sp³-hybridized carbons (Fsp3) is 0.917. The van der Waals surface area contributed by atoms with Crippen LogP contribution in [-0.2, 0) is 4.79 Å². The van der Waals surface area contributed by atoms with Gasteiger partial charge in [0.2, 0.25) is 5.91 Å². The van der Waals surface area contributed by atoms with Gasteiger partial charge in [-0.2, -0.15) is 0 Å². The zero-order valence-corrected chi connectivity index (χ0v) is 10.2. The molecule has 0 rings (SSSR count). The Labute approximate surface area is 88.5 Å². The van der Waals surface area contributed by atoms with Crippen LogP contribution in [0.5, 0.6) is 0 Å². The van der Waals surface area contributed by atoms with E-state index in [0.717, 1.165) is 6.42 Å². The molecule has 0 bridgehead atoms. The molecule has 0 radical (unpaired) electrons. The van der Waals surface area contributed by atoms with Gasteiger partial charge in [0.15, 0.2) is 0 Å². The quantitative estimate of drug-likeness (QED) is 0.654. The van der Waals surface area contributed by atoms with Gasteiger partial charge in [-0.1, -0.05) is 32.6 Å². The zero-order chi connectivity index (χ0) is 11.0. The van der Waals surface area contributed by atoms with Gasteiger partial charge in [0.1, 0.15) is 0 Å². The summed E-state index contributed by atoms with van der Waals surface area (Å²) < 4.78 is 0. The number of nitrogens with one attached hydrogen (secondary N) is 1. The summed E-state index contributed by atoms with van der Waals surface area (Å²) in [6.07, 6.45) is 6.71. The van der Waals surface area contributed by atoms with Crippen molar-refractivity contribution in [2.75, 3.05) is 0 Å². The van der Waals surface area contributed by atoms with Crippen LogP contribution in [0.3, 0.4) is 0 Å². The molecule has 84 valence electrons. The lowest BCUT2D eigenvalue weighted by atomic mass is 10.1. The van der Waals surface area contributed by atoms with Crippen LogP contribution in [0.2, 0.25) is 0 Å². The second-order valence-corrected chi connectivity index (χ2v) is 4.96. The van der Waals surface area contributed by atoms with Crippen molar-refractivity contribution in [2.24, 2.45) is 0 Å². The van der Waals surface area contributed by atoms with Crippen molar-refractivity contribution in [3.8, 4) is 0 Å². The molecule has 0 saturated carbocycles. The Balaban J connectivity index is 3.36. The van der Waals surface area contributed by atoms with E-state index in [-0.39, 0.29) is 11.4 Å². The molecule has 0 heterocycles. The molecule has 0 unspecified atom stereocenters. The van der Waals surface area contributed by atoms with Crippen LogP contribution in [0.1, 0.15) is 66.2 Å². The monoisotopic (exact) mass is 199 g/mol. The molecule has 0 atom stereocenters. The summed E-state index contributed by atoms with van der Waals surface area (Å²) in [5.74, 6) is 0.189. The molecule has 0 fully saturated rings. The first kappa shape index (κ1) is 13.5. The Morgan fingerprint density at radius 3 is 2.14 bits per heavy atom. The third-order valence-electron chi connectivity index (χ3n) is 2.02. The Kier molecular flexibility index (Phi) is 6.60. The maximum atomic E-state index is 11.4. The summed E-state index contributed by atoms with van der Waals surface area (Å²) >= 11 is 0. The van der Waals surface area contributed by atoms with Crippen LogP contribution in [0.25, 0.3) is 0 Å². The fourth-order valence-electron chi connectivity index (χ4n) is 1.37. The first-order valence-corrected chi connectivity index (χ1v) is 5.76. The van der Waals surface area contributed by atoms with E-state index in [1.54, 1.807) is 0 Å². The smallest absolute Gasteiger partial charge is 0.220 e. The summed E-state index contributed by atoms with van der Waals surface area (Å²) in [6.45, 7) is 8.25. The number of carbonyl (C=O) groups excluding carboxylic acids is 1. The second-order valence-electron chi connectivity index (χ2n) is 4.96. The van der Waals surface area contributed by atoms with E-state index in [4.69, 9.17) is 0 Å². The van der Waals surface area contributed by atoms with Gasteiger partial charge in [0.25, 0.3) is 0 Å². The lowest BCUT2D eigenvalue weighted by Crippen LogP contribution is -2.40. The van der Waals surface area contributed by atoms with Crippen molar-refractivity contribution < 1.29 is 4.79 Å².